The quantitative estimate of drug-likeness (QED) is 0.764. The normalized spacial score (nSPS) is 20.4. The third-order valence-electron chi connectivity index (χ3n) is 3.34. The second kappa shape index (κ2) is 5.76. The molecule has 1 saturated heterocycles. The SMILES string of the molecule is CC(CN1CCN(C)CC1)C(=O)c1cccs1. The maximum atomic E-state index is 12.1. The van der Waals surface area contributed by atoms with Crippen LogP contribution in [0.5, 0.6) is 0 Å². The van der Waals surface area contributed by atoms with Crippen molar-refractivity contribution in [2.45, 2.75) is 6.92 Å². The summed E-state index contributed by atoms with van der Waals surface area (Å²) >= 11 is 1.55. The molecular formula is C13H20N2OS. The first-order valence-corrected chi connectivity index (χ1v) is 7.03. The zero-order chi connectivity index (χ0) is 12.3. The Morgan fingerprint density at radius 3 is 2.71 bits per heavy atom. The largest absolute Gasteiger partial charge is 0.304 e. The van der Waals surface area contributed by atoms with Gasteiger partial charge in [0.2, 0.25) is 0 Å². The summed E-state index contributed by atoms with van der Waals surface area (Å²) in [4.78, 5) is 17.7. The molecule has 1 unspecified atom stereocenters. The number of hydrogen-bond donors (Lipinski definition) is 0. The van der Waals surface area contributed by atoms with Crippen LogP contribution in [0.25, 0.3) is 0 Å². The molecule has 4 heteroatoms. The second-order valence-electron chi connectivity index (χ2n) is 4.85. The lowest BCUT2D eigenvalue weighted by molar-refractivity contribution is 0.0858. The van der Waals surface area contributed by atoms with Crippen molar-refractivity contribution in [1.29, 1.82) is 0 Å². The van der Waals surface area contributed by atoms with Crippen LogP contribution in [-0.2, 0) is 0 Å². The Morgan fingerprint density at radius 1 is 1.41 bits per heavy atom. The standard InChI is InChI=1S/C13H20N2OS/c1-11(13(16)12-4-3-9-17-12)10-15-7-5-14(2)6-8-15/h3-4,9,11H,5-8,10H2,1-2H3. The lowest BCUT2D eigenvalue weighted by atomic mass is 10.0. The predicted octanol–water partition coefficient (Wildman–Crippen LogP) is 1.81. The van der Waals surface area contributed by atoms with Crippen LogP contribution in [0.15, 0.2) is 17.5 Å². The summed E-state index contributed by atoms with van der Waals surface area (Å²) < 4.78 is 0. The molecule has 0 N–H and O–H groups in total. The number of ketones is 1. The van der Waals surface area contributed by atoms with E-state index >= 15 is 0 Å². The number of carbonyl (C=O) groups excluding carboxylic acids is 1. The smallest absolute Gasteiger partial charge is 0.176 e. The molecule has 1 aliphatic heterocycles. The van der Waals surface area contributed by atoms with Gasteiger partial charge in [0.1, 0.15) is 0 Å². The zero-order valence-corrected chi connectivity index (χ0v) is 11.4. The molecule has 0 saturated carbocycles. The van der Waals surface area contributed by atoms with E-state index in [0.29, 0.717) is 5.78 Å². The third kappa shape index (κ3) is 3.37. The first-order chi connectivity index (χ1) is 8.16. The maximum absolute atomic E-state index is 12.1. The molecule has 1 aromatic rings. The van der Waals surface area contributed by atoms with Gasteiger partial charge in [0.15, 0.2) is 5.78 Å². The van der Waals surface area contributed by atoms with Gasteiger partial charge in [0.25, 0.3) is 0 Å². The van der Waals surface area contributed by atoms with E-state index in [2.05, 4.69) is 16.8 Å². The summed E-state index contributed by atoms with van der Waals surface area (Å²) in [7, 11) is 2.15. The van der Waals surface area contributed by atoms with Gasteiger partial charge < -0.3 is 9.80 Å². The molecule has 0 radical (unpaired) electrons. The van der Waals surface area contributed by atoms with E-state index in [1.165, 1.54) is 0 Å². The van der Waals surface area contributed by atoms with E-state index in [1.807, 2.05) is 24.4 Å². The van der Waals surface area contributed by atoms with Crippen molar-refractivity contribution in [2.24, 2.45) is 5.92 Å². The Kier molecular flexibility index (Phi) is 4.31. The Hall–Kier alpha value is -0.710. The van der Waals surface area contributed by atoms with E-state index in [0.717, 1.165) is 37.6 Å². The van der Waals surface area contributed by atoms with E-state index in [-0.39, 0.29) is 5.92 Å². The highest BCUT2D eigenvalue weighted by Gasteiger charge is 2.21. The van der Waals surface area contributed by atoms with E-state index < -0.39 is 0 Å². The molecule has 0 spiro atoms. The summed E-state index contributed by atoms with van der Waals surface area (Å²) in [6, 6.07) is 3.87. The van der Waals surface area contributed by atoms with Gasteiger partial charge in [0.05, 0.1) is 4.88 Å². The highest BCUT2D eigenvalue weighted by atomic mass is 32.1. The molecule has 1 atom stereocenters. The molecule has 0 bridgehead atoms. The number of thiophene rings is 1. The summed E-state index contributed by atoms with van der Waals surface area (Å²) in [5.74, 6) is 0.399. The first kappa shape index (κ1) is 12.7. The summed E-state index contributed by atoms with van der Waals surface area (Å²) in [5.41, 5.74) is 0. The molecule has 3 nitrogen and oxygen atoms in total. The van der Waals surface area contributed by atoms with Gasteiger partial charge >= 0.3 is 0 Å². The average molecular weight is 252 g/mol. The minimum atomic E-state index is 0.108. The fourth-order valence-corrected chi connectivity index (χ4v) is 2.94. The highest BCUT2D eigenvalue weighted by Crippen LogP contribution is 2.16. The van der Waals surface area contributed by atoms with E-state index in [1.54, 1.807) is 11.3 Å². The van der Waals surface area contributed by atoms with Crippen molar-refractivity contribution in [2.75, 3.05) is 39.8 Å². The summed E-state index contributed by atoms with van der Waals surface area (Å²) in [5, 5.41) is 1.97. The number of piperazine rings is 1. The van der Waals surface area contributed by atoms with Gasteiger partial charge in [-0.25, -0.2) is 0 Å². The maximum Gasteiger partial charge on any atom is 0.176 e. The van der Waals surface area contributed by atoms with Crippen LogP contribution in [0, 0.1) is 5.92 Å². The lowest BCUT2D eigenvalue weighted by Gasteiger charge is -2.33. The van der Waals surface area contributed by atoms with Crippen molar-refractivity contribution >= 4 is 17.1 Å². The molecule has 2 rings (SSSR count). The predicted molar refractivity (Wildman–Crippen MR) is 71.8 cm³/mol. The van der Waals surface area contributed by atoms with Gasteiger partial charge in [-0.1, -0.05) is 13.0 Å². The number of rotatable bonds is 4. The molecule has 17 heavy (non-hydrogen) atoms. The van der Waals surface area contributed by atoms with Crippen LogP contribution < -0.4 is 0 Å². The molecule has 0 amide bonds. The van der Waals surface area contributed by atoms with Crippen molar-refractivity contribution in [1.82, 2.24) is 9.80 Å². The van der Waals surface area contributed by atoms with Crippen LogP contribution in [0.4, 0.5) is 0 Å². The average Bonchev–Trinajstić information content (AvgIpc) is 2.84. The molecular weight excluding hydrogens is 232 g/mol. The molecule has 0 aliphatic carbocycles. The second-order valence-corrected chi connectivity index (χ2v) is 5.79. The van der Waals surface area contributed by atoms with E-state index in [4.69, 9.17) is 0 Å². The summed E-state index contributed by atoms with van der Waals surface area (Å²) in [6.07, 6.45) is 0. The Morgan fingerprint density at radius 2 is 2.12 bits per heavy atom. The number of Topliss-reactive ketones (excluding diaryl/α,β-unsaturated/α-hetero) is 1. The van der Waals surface area contributed by atoms with Gasteiger partial charge in [0, 0.05) is 38.6 Å². The monoisotopic (exact) mass is 252 g/mol. The van der Waals surface area contributed by atoms with Crippen molar-refractivity contribution < 1.29 is 4.79 Å². The van der Waals surface area contributed by atoms with Crippen molar-refractivity contribution in [3.8, 4) is 0 Å². The van der Waals surface area contributed by atoms with Crippen LogP contribution in [0.3, 0.4) is 0 Å². The van der Waals surface area contributed by atoms with Crippen LogP contribution in [0.2, 0.25) is 0 Å². The molecule has 1 aliphatic rings. The molecule has 94 valence electrons. The molecule has 2 heterocycles. The molecule has 0 aromatic carbocycles. The first-order valence-electron chi connectivity index (χ1n) is 6.15. The number of carbonyl (C=O) groups is 1. The Balaban J connectivity index is 1.85. The third-order valence-corrected chi connectivity index (χ3v) is 4.22. The van der Waals surface area contributed by atoms with Gasteiger partial charge in [-0.2, -0.15) is 0 Å². The van der Waals surface area contributed by atoms with Crippen molar-refractivity contribution in [3.63, 3.8) is 0 Å². The Bertz CT molecular complexity index is 356. The fourth-order valence-electron chi connectivity index (χ4n) is 2.16. The topological polar surface area (TPSA) is 23.6 Å². The highest BCUT2D eigenvalue weighted by molar-refractivity contribution is 7.12. The minimum Gasteiger partial charge on any atom is -0.304 e. The number of nitrogens with zero attached hydrogens (tertiary/aromatic N) is 2. The lowest BCUT2D eigenvalue weighted by Crippen LogP contribution is -2.46. The van der Waals surface area contributed by atoms with Crippen LogP contribution >= 0.6 is 11.3 Å². The van der Waals surface area contributed by atoms with Crippen LogP contribution in [-0.4, -0.2) is 55.4 Å². The van der Waals surface area contributed by atoms with Gasteiger partial charge in [-0.15, -0.1) is 11.3 Å². The van der Waals surface area contributed by atoms with Crippen molar-refractivity contribution in [3.05, 3.63) is 22.4 Å². The minimum absolute atomic E-state index is 0.108. The van der Waals surface area contributed by atoms with Crippen LogP contribution in [0.1, 0.15) is 16.6 Å². The van der Waals surface area contributed by atoms with Gasteiger partial charge in [-0.05, 0) is 18.5 Å². The Labute approximate surface area is 107 Å². The van der Waals surface area contributed by atoms with E-state index in [9.17, 15) is 4.79 Å². The molecule has 1 aromatic heterocycles. The molecule has 1 fully saturated rings. The summed E-state index contributed by atoms with van der Waals surface area (Å²) in [6.45, 7) is 7.32. The fraction of sp³-hybridized carbons (Fsp3) is 0.615. The zero-order valence-electron chi connectivity index (χ0n) is 10.6. The number of likely N-dealkylation sites (N-methyl/N-ethyl adjacent to an activating group) is 1. The number of hydrogen-bond acceptors (Lipinski definition) is 4. The van der Waals surface area contributed by atoms with Gasteiger partial charge in [-0.3, -0.25) is 4.79 Å².